The number of aliphatic hydroxyl groups is 1. The number of hydrogen-bond donors (Lipinski definition) is 2. The molecule has 5 nitrogen and oxygen atoms in total. The molecule has 0 saturated heterocycles. The van der Waals surface area contributed by atoms with Crippen LogP contribution in [0.25, 0.3) is 16.7 Å². The molecule has 0 fully saturated rings. The standard InChI is InChI=1S/C22H15ClF3N3O2/c23-15-4-2-14(3-5-15)20(31)27-16-6-8-17(9-7-16)29-19-10-1-13(12-30)11-18(19)28-21(29)22(24,25)26/h1-11,30H,12H2,(H,27,31). The highest BCUT2D eigenvalue weighted by atomic mass is 35.5. The number of hydrogen-bond acceptors (Lipinski definition) is 3. The number of nitrogens with one attached hydrogen (secondary N) is 1. The maximum absolute atomic E-state index is 13.6. The number of rotatable bonds is 4. The molecule has 2 N–H and O–H groups in total. The van der Waals surface area contributed by atoms with Crippen LogP contribution in [0.2, 0.25) is 5.02 Å². The second kappa shape index (κ2) is 8.05. The first-order valence-corrected chi connectivity index (χ1v) is 9.51. The highest BCUT2D eigenvalue weighted by Crippen LogP contribution is 2.34. The van der Waals surface area contributed by atoms with Crippen molar-refractivity contribution in [1.82, 2.24) is 9.55 Å². The minimum Gasteiger partial charge on any atom is -0.392 e. The predicted molar refractivity (Wildman–Crippen MR) is 111 cm³/mol. The molecule has 1 amide bonds. The van der Waals surface area contributed by atoms with Gasteiger partial charge in [-0.25, -0.2) is 4.98 Å². The van der Waals surface area contributed by atoms with E-state index in [0.717, 1.165) is 4.57 Å². The van der Waals surface area contributed by atoms with Crippen LogP contribution in [0.1, 0.15) is 21.7 Å². The quantitative estimate of drug-likeness (QED) is 0.439. The average molecular weight is 446 g/mol. The van der Waals surface area contributed by atoms with Crippen LogP contribution < -0.4 is 5.32 Å². The fourth-order valence-electron chi connectivity index (χ4n) is 3.17. The molecule has 0 atom stereocenters. The number of aliphatic hydroxyl groups excluding tert-OH is 1. The van der Waals surface area contributed by atoms with Gasteiger partial charge in [0.25, 0.3) is 5.91 Å². The maximum atomic E-state index is 13.6. The van der Waals surface area contributed by atoms with Crippen molar-refractivity contribution in [3.8, 4) is 5.69 Å². The zero-order valence-corrected chi connectivity index (χ0v) is 16.6. The van der Waals surface area contributed by atoms with E-state index in [1.54, 1.807) is 30.3 Å². The highest BCUT2D eigenvalue weighted by Gasteiger charge is 2.38. The molecule has 1 aromatic heterocycles. The van der Waals surface area contributed by atoms with Crippen molar-refractivity contribution >= 4 is 34.2 Å². The smallest absolute Gasteiger partial charge is 0.392 e. The van der Waals surface area contributed by atoms with Crippen LogP contribution in [-0.4, -0.2) is 20.6 Å². The Hall–Kier alpha value is -3.36. The van der Waals surface area contributed by atoms with E-state index in [1.165, 1.54) is 36.4 Å². The molecular weight excluding hydrogens is 431 g/mol. The van der Waals surface area contributed by atoms with E-state index in [9.17, 15) is 23.1 Å². The first-order valence-electron chi connectivity index (χ1n) is 9.13. The van der Waals surface area contributed by atoms with Crippen molar-refractivity contribution in [2.24, 2.45) is 0 Å². The molecule has 0 unspecified atom stereocenters. The lowest BCUT2D eigenvalue weighted by atomic mass is 10.2. The molecule has 1 heterocycles. The van der Waals surface area contributed by atoms with E-state index in [0.29, 0.717) is 21.8 Å². The molecule has 0 bridgehead atoms. The summed E-state index contributed by atoms with van der Waals surface area (Å²) in [6.45, 7) is -0.299. The summed E-state index contributed by atoms with van der Waals surface area (Å²) < 4.78 is 41.9. The van der Waals surface area contributed by atoms with Crippen LogP contribution in [0, 0.1) is 0 Å². The number of carbonyl (C=O) groups is 1. The van der Waals surface area contributed by atoms with Gasteiger partial charge in [0.2, 0.25) is 5.82 Å². The molecule has 158 valence electrons. The SMILES string of the molecule is O=C(Nc1ccc(-n2c(C(F)(F)F)nc3cc(CO)ccc32)cc1)c1ccc(Cl)cc1. The lowest BCUT2D eigenvalue weighted by Gasteiger charge is -2.12. The molecule has 4 rings (SSSR count). The fourth-order valence-corrected chi connectivity index (χ4v) is 3.30. The number of anilines is 1. The number of fused-ring (bicyclic) bond motifs is 1. The van der Waals surface area contributed by atoms with Crippen molar-refractivity contribution < 1.29 is 23.1 Å². The molecule has 9 heteroatoms. The van der Waals surface area contributed by atoms with Crippen LogP contribution in [-0.2, 0) is 12.8 Å². The van der Waals surface area contributed by atoms with Gasteiger partial charge >= 0.3 is 6.18 Å². The van der Waals surface area contributed by atoms with Gasteiger partial charge < -0.3 is 10.4 Å². The van der Waals surface area contributed by atoms with Gasteiger partial charge in [0.1, 0.15) is 0 Å². The summed E-state index contributed by atoms with van der Waals surface area (Å²) >= 11 is 5.81. The normalized spacial score (nSPS) is 11.6. The van der Waals surface area contributed by atoms with Crippen LogP contribution in [0.15, 0.2) is 66.7 Å². The number of alkyl halides is 3. The molecule has 31 heavy (non-hydrogen) atoms. The second-order valence-corrected chi connectivity index (χ2v) is 7.19. The molecule has 0 aliphatic carbocycles. The number of benzene rings is 3. The largest absolute Gasteiger partial charge is 0.450 e. The lowest BCUT2D eigenvalue weighted by Crippen LogP contribution is -2.14. The van der Waals surface area contributed by atoms with Gasteiger partial charge in [-0.3, -0.25) is 9.36 Å². The number of amides is 1. The van der Waals surface area contributed by atoms with Crippen molar-refractivity contribution in [3.05, 3.63) is 88.7 Å². The second-order valence-electron chi connectivity index (χ2n) is 6.76. The minimum absolute atomic E-state index is 0.124. The Bertz CT molecular complexity index is 1250. The third-order valence-electron chi connectivity index (χ3n) is 4.64. The summed E-state index contributed by atoms with van der Waals surface area (Å²) in [6, 6.07) is 16.7. The number of imidazole rings is 1. The summed E-state index contributed by atoms with van der Waals surface area (Å²) in [7, 11) is 0. The summed E-state index contributed by atoms with van der Waals surface area (Å²) in [5.74, 6) is -1.44. The van der Waals surface area contributed by atoms with Gasteiger partial charge in [-0.2, -0.15) is 13.2 Å². The summed E-state index contributed by atoms with van der Waals surface area (Å²) in [5, 5.41) is 12.4. The maximum Gasteiger partial charge on any atom is 0.450 e. The third-order valence-corrected chi connectivity index (χ3v) is 4.90. The average Bonchev–Trinajstić information content (AvgIpc) is 3.14. The van der Waals surface area contributed by atoms with E-state index in [2.05, 4.69) is 10.3 Å². The molecule has 3 aromatic carbocycles. The predicted octanol–water partition coefficient (Wildman–Crippen LogP) is 5.44. The van der Waals surface area contributed by atoms with E-state index in [1.807, 2.05) is 0 Å². The Morgan fingerprint density at radius 1 is 1.03 bits per heavy atom. The first-order chi connectivity index (χ1) is 14.8. The Labute approximate surface area is 179 Å². The van der Waals surface area contributed by atoms with Crippen molar-refractivity contribution in [3.63, 3.8) is 0 Å². The summed E-state index contributed by atoms with van der Waals surface area (Å²) in [5.41, 5.74) is 1.89. The molecule has 0 aliphatic heterocycles. The van der Waals surface area contributed by atoms with Gasteiger partial charge in [0.15, 0.2) is 0 Å². The Balaban J connectivity index is 1.68. The van der Waals surface area contributed by atoms with E-state index < -0.39 is 12.0 Å². The Morgan fingerprint density at radius 3 is 2.32 bits per heavy atom. The Kier molecular flexibility index (Phi) is 5.43. The summed E-state index contributed by atoms with van der Waals surface area (Å²) in [6.07, 6.45) is -4.68. The number of halogens is 4. The van der Waals surface area contributed by atoms with Gasteiger partial charge in [0, 0.05) is 22.0 Å². The monoisotopic (exact) mass is 445 g/mol. The molecule has 0 spiro atoms. The topological polar surface area (TPSA) is 67.2 Å². The lowest BCUT2D eigenvalue weighted by molar-refractivity contribution is -0.145. The number of aromatic nitrogens is 2. The van der Waals surface area contributed by atoms with Gasteiger partial charge in [-0.15, -0.1) is 0 Å². The van der Waals surface area contributed by atoms with E-state index >= 15 is 0 Å². The molecule has 0 radical (unpaired) electrons. The van der Waals surface area contributed by atoms with Crippen molar-refractivity contribution in [2.45, 2.75) is 12.8 Å². The van der Waals surface area contributed by atoms with Crippen molar-refractivity contribution in [2.75, 3.05) is 5.32 Å². The number of nitrogens with zero attached hydrogens (tertiary/aromatic N) is 2. The number of carbonyl (C=O) groups excluding carboxylic acids is 1. The zero-order valence-electron chi connectivity index (χ0n) is 15.8. The molecular formula is C22H15ClF3N3O2. The zero-order chi connectivity index (χ0) is 22.2. The Morgan fingerprint density at radius 2 is 1.71 bits per heavy atom. The van der Waals surface area contributed by atoms with E-state index in [4.69, 9.17) is 11.6 Å². The van der Waals surface area contributed by atoms with Gasteiger partial charge in [0.05, 0.1) is 17.6 Å². The van der Waals surface area contributed by atoms with Crippen molar-refractivity contribution in [1.29, 1.82) is 0 Å². The van der Waals surface area contributed by atoms with Crippen LogP contribution in [0.4, 0.5) is 18.9 Å². The summed E-state index contributed by atoms with van der Waals surface area (Å²) in [4.78, 5) is 16.1. The molecule has 4 aromatic rings. The molecule has 0 saturated carbocycles. The van der Waals surface area contributed by atoms with Crippen LogP contribution >= 0.6 is 11.6 Å². The molecule has 0 aliphatic rings. The first kappa shape index (κ1) is 20.9. The fraction of sp³-hybridized carbons (Fsp3) is 0.0909. The van der Waals surface area contributed by atoms with E-state index in [-0.39, 0.29) is 29.2 Å². The minimum atomic E-state index is -4.68. The van der Waals surface area contributed by atoms with Crippen LogP contribution in [0.5, 0.6) is 0 Å². The van der Waals surface area contributed by atoms with Gasteiger partial charge in [-0.05, 0) is 66.2 Å². The highest BCUT2D eigenvalue weighted by molar-refractivity contribution is 6.30. The third kappa shape index (κ3) is 4.26. The van der Waals surface area contributed by atoms with Gasteiger partial charge in [-0.1, -0.05) is 17.7 Å². The van der Waals surface area contributed by atoms with Crippen LogP contribution in [0.3, 0.4) is 0 Å².